The van der Waals surface area contributed by atoms with Crippen LogP contribution in [0.5, 0.6) is 0 Å². The van der Waals surface area contributed by atoms with E-state index in [1.807, 2.05) is 6.07 Å². The number of H-pyrrole nitrogens is 1. The molecule has 2 N–H and O–H groups in total. The number of ether oxygens (including phenoxy) is 1. The zero-order chi connectivity index (χ0) is 17.6. The number of aliphatic hydroxyl groups is 1. The van der Waals surface area contributed by atoms with Crippen LogP contribution in [0.25, 0.3) is 10.9 Å². The SMILES string of the molecule is CCCCCOC(O)CCN(c1c[nH]c2ccccc12)C(C)(C)C. The van der Waals surface area contributed by atoms with Crippen LogP contribution in [0.3, 0.4) is 0 Å². The van der Waals surface area contributed by atoms with Gasteiger partial charge in [0.05, 0.1) is 5.69 Å². The van der Waals surface area contributed by atoms with E-state index in [0.717, 1.165) is 31.3 Å². The molecule has 24 heavy (non-hydrogen) atoms. The van der Waals surface area contributed by atoms with Gasteiger partial charge in [0.25, 0.3) is 0 Å². The Morgan fingerprint density at radius 3 is 2.67 bits per heavy atom. The van der Waals surface area contributed by atoms with Gasteiger partial charge in [0.15, 0.2) is 6.29 Å². The van der Waals surface area contributed by atoms with Gasteiger partial charge in [-0.15, -0.1) is 0 Å². The summed E-state index contributed by atoms with van der Waals surface area (Å²) in [6.07, 6.45) is 5.29. The van der Waals surface area contributed by atoms with Gasteiger partial charge in [-0.3, -0.25) is 0 Å². The van der Waals surface area contributed by atoms with Gasteiger partial charge in [-0.1, -0.05) is 38.0 Å². The highest BCUT2D eigenvalue weighted by Crippen LogP contribution is 2.31. The van der Waals surface area contributed by atoms with Crippen molar-refractivity contribution >= 4 is 16.6 Å². The second-order valence-electron chi connectivity index (χ2n) is 7.36. The second-order valence-corrected chi connectivity index (χ2v) is 7.36. The highest BCUT2D eigenvalue weighted by atomic mass is 16.6. The summed E-state index contributed by atoms with van der Waals surface area (Å²) >= 11 is 0. The highest BCUT2D eigenvalue weighted by Gasteiger charge is 2.24. The molecule has 0 radical (unpaired) electrons. The molecule has 0 aliphatic rings. The minimum Gasteiger partial charge on any atom is -0.368 e. The molecule has 0 aliphatic carbocycles. The van der Waals surface area contributed by atoms with Gasteiger partial charge < -0.3 is 19.7 Å². The molecule has 134 valence electrons. The van der Waals surface area contributed by atoms with Crippen LogP contribution < -0.4 is 4.90 Å². The first-order valence-corrected chi connectivity index (χ1v) is 9.07. The quantitative estimate of drug-likeness (QED) is 0.517. The zero-order valence-corrected chi connectivity index (χ0v) is 15.5. The normalized spacial score (nSPS) is 13.4. The molecule has 0 aliphatic heterocycles. The molecule has 2 rings (SSSR count). The number of aromatic amines is 1. The number of nitrogens with zero attached hydrogens (tertiary/aromatic N) is 1. The molecular formula is C20H32N2O2. The van der Waals surface area contributed by atoms with Crippen molar-refractivity contribution in [1.29, 1.82) is 0 Å². The molecule has 2 aromatic rings. The van der Waals surface area contributed by atoms with Crippen molar-refractivity contribution in [2.24, 2.45) is 0 Å². The summed E-state index contributed by atoms with van der Waals surface area (Å²) in [4.78, 5) is 5.68. The third-order valence-electron chi connectivity index (χ3n) is 4.33. The van der Waals surface area contributed by atoms with Gasteiger partial charge in [0, 0.05) is 42.2 Å². The lowest BCUT2D eigenvalue weighted by Crippen LogP contribution is -2.43. The van der Waals surface area contributed by atoms with Gasteiger partial charge in [-0.05, 0) is 33.3 Å². The third kappa shape index (κ3) is 4.99. The van der Waals surface area contributed by atoms with Crippen molar-refractivity contribution in [3.63, 3.8) is 0 Å². The molecule has 1 aromatic heterocycles. The Morgan fingerprint density at radius 1 is 1.21 bits per heavy atom. The number of hydrogen-bond acceptors (Lipinski definition) is 3. The molecule has 1 atom stereocenters. The van der Waals surface area contributed by atoms with Gasteiger partial charge >= 0.3 is 0 Å². The van der Waals surface area contributed by atoms with Crippen molar-refractivity contribution in [2.45, 2.75) is 65.2 Å². The van der Waals surface area contributed by atoms with Crippen molar-refractivity contribution in [3.8, 4) is 0 Å². The lowest BCUT2D eigenvalue weighted by Gasteiger charge is -2.38. The minimum absolute atomic E-state index is 0.0348. The number of hydrogen-bond donors (Lipinski definition) is 2. The smallest absolute Gasteiger partial charge is 0.156 e. The van der Waals surface area contributed by atoms with Crippen molar-refractivity contribution in [3.05, 3.63) is 30.5 Å². The van der Waals surface area contributed by atoms with E-state index in [-0.39, 0.29) is 5.54 Å². The molecular weight excluding hydrogens is 300 g/mol. The average molecular weight is 332 g/mol. The predicted molar refractivity (Wildman–Crippen MR) is 101 cm³/mol. The van der Waals surface area contributed by atoms with Gasteiger partial charge in [0.2, 0.25) is 0 Å². The van der Waals surface area contributed by atoms with Crippen LogP contribution in [0, 0.1) is 0 Å². The number of para-hydroxylation sites is 1. The molecule has 0 saturated heterocycles. The number of nitrogens with one attached hydrogen (secondary N) is 1. The Labute approximate surface area is 145 Å². The van der Waals surface area contributed by atoms with Gasteiger partial charge in [0.1, 0.15) is 0 Å². The maximum Gasteiger partial charge on any atom is 0.156 e. The Morgan fingerprint density at radius 2 is 1.96 bits per heavy atom. The number of aliphatic hydroxyl groups excluding tert-OH is 1. The topological polar surface area (TPSA) is 48.5 Å². The fourth-order valence-electron chi connectivity index (χ4n) is 2.99. The Kier molecular flexibility index (Phi) is 6.69. The number of rotatable bonds is 9. The molecule has 4 heteroatoms. The van der Waals surface area contributed by atoms with Gasteiger partial charge in [-0.2, -0.15) is 0 Å². The second kappa shape index (κ2) is 8.54. The standard InChI is InChI=1S/C20H32N2O2/c1-5-6-9-14-24-19(23)12-13-22(20(2,3)4)18-15-21-17-11-8-7-10-16(17)18/h7-8,10-11,15,19,21,23H,5-6,9,12-14H2,1-4H3. The molecule has 0 bridgehead atoms. The zero-order valence-electron chi connectivity index (χ0n) is 15.5. The van der Waals surface area contributed by atoms with Crippen LogP contribution in [-0.2, 0) is 4.74 Å². The van der Waals surface area contributed by atoms with Crippen molar-refractivity contribution in [1.82, 2.24) is 4.98 Å². The van der Waals surface area contributed by atoms with Crippen LogP contribution in [-0.4, -0.2) is 35.1 Å². The van der Waals surface area contributed by atoms with Crippen LogP contribution in [0.4, 0.5) is 5.69 Å². The summed E-state index contributed by atoms with van der Waals surface area (Å²) in [6, 6.07) is 8.33. The molecule has 0 saturated carbocycles. The van der Waals surface area contributed by atoms with Crippen LogP contribution in [0.1, 0.15) is 53.4 Å². The fourth-order valence-corrected chi connectivity index (χ4v) is 2.99. The summed E-state index contributed by atoms with van der Waals surface area (Å²) in [5.41, 5.74) is 2.28. The summed E-state index contributed by atoms with van der Waals surface area (Å²) in [5, 5.41) is 11.3. The van der Waals surface area contributed by atoms with E-state index in [9.17, 15) is 5.11 Å². The summed E-state index contributed by atoms with van der Waals surface area (Å²) in [6.45, 7) is 10.1. The van der Waals surface area contributed by atoms with E-state index in [1.165, 1.54) is 11.1 Å². The number of unbranched alkanes of at least 4 members (excludes halogenated alkanes) is 2. The summed E-state index contributed by atoms with van der Waals surface area (Å²) < 4.78 is 5.53. The molecule has 1 aromatic carbocycles. The first-order valence-electron chi connectivity index (χ1n) is 9.07. The maximum atomic E-state index is 10.1. The first kappa shape index (κ1) is 18.8. The van der Waals surface area contributed by atoms with Crippen molar-refractivity contribution in [2.75, 3.05) is 18.1 Å². The lowest BCUT2D eigenvalue weighted by atomic mass is 10.0. The molecule has 0 amide bonds. The van der Waals surface area contributed by atoms with E-state index in [4.69, 9.17) is 4.74 Å². The van der Waals surface area contributed by atoms with E-state index in [1.54, 1.807) is 0 Å². The first-order chi connectivity index (χ1) is 11.4. The van der Waals surface area contributed by atoms with Crippen LogP contribution in [0.15, 0.2) is 30.5 Å². The van der Waals surface area contributed by atoms with Crippen LogP contribution >= 0.6 is 0 Å². The molecule has 1 unspecified atom stereocenters. The van der Waals surface area contributed by atoms with Crippen LogP contribution in [0.2, 0.25) is 0 Å². The maximum absolute atomic E-state index is 10.1. The monoisotopic (exact) mass is 332 g/mol. The number of fused-ring (bicyclic) bond motifs is 1. The minimum atomic E-state index is -0.697. The molecule has 4 nitrogen and oxygen atoms in total. The number of benzene rings is 1. The predicted octanol–water partition coefficient (Wildman–Crippen LogP) is 4.69. The van der Waals surface area contributed by atoms with E-state index >= 15 is 0 Å². The molecule has 0 spiro atoms. The highest BCUT2D eigenvalue weighted by molar-refractivity contribution is 5.93. The summed E-state index contributed by atoms with van der Waals surface area (Å²) in [7, 11) is 0. The van der Waals surface area contributed by atoms with Crippen molar-refractivity contribution < 1.29 is 9.84 Å². The Balaban J connectivity index is 2.02. The van der Waals surface area contributed by atoms with E-state index in [0.29, 0.717) is 13.0 Å². The van der Waals surface area contributed by atoms with E-state index in [2.05, 4.69) is 62.0 Å². The summed E-state index contributed by atoms with van der Waals surface area (Å²) in [5.74, 6) is 0. The third-order valence-corrected chi connectivity index (χ3v) is 4.33. The molecule has 0 fully saturated rings. The number of anilines is 1. The molecule has 1 heterocycles. The Hall–Kier alpha value is -1.52. The fraction of sp³-hybridized carbons (Fsp3) is 0.600. The largest absolute Gasteiger partial charge is 0.368 e. The lowest BCUT2D eigenvalue weighted by molar-refractivity contribution is -0.102. The Bertz CT molecular complexity index is 615. The number of aromatic nitrogens is 1. The van der Waals surface area contributed by atoms with Gasteiger partial charge in [-0.25, -0.2) is 0 Å². The van der Waals surface area contributed by atoms with E-state index < -0.39 is 6.29 Å². The average Bonchev–Trinajstić information content (AvgIpc) is 2.94.